The van der Waals surface area contributed by atoms with Crippen molar-refractivity contribution < 1.29 is 8.78 Å². The molecule has 0 spiro atoms. The van der Waals surface area contributed by atoms with Crippen LogP contribution in [0.15, 0.2) is 18.2 Å². The van der Waals surface area contributed by atoms with Gasteiger partial charge in [0.2, 0.25) is 0 Å². The Balaban J connectivity index is 2.29. The second-order valence-corrected chi connectivity index (χ2v) is 4.70. The fourth-order valence-electron chi connectivity index (χ4n) is 2.45. The smallest absolute Gasteiger partial charge is 0.159 e. The minimum Gasteiger partial charge on any atom is -0.321 e. The molecule has 0 atom stereocenters. The van der Waals surface area contributed by atoms with Gasteiger partial charge in [-0.1, -0.05) is 31.7 Å². The van der Waals surface area contributed by atoms with E-state index < -0.39 is 17.2 Å². The minimum atomic E-state index is -0.805. The molecule has 2 rings (SSSR count). The summed E-state index contributed by atoms with van der Waals surface area (Å²) in [5, 5.41) is 0. The average Bonchev–Trinajstić information content (AvgIpc) is 2.48. The lowest BCUT2D eigenvalue weighted by atomic mass is 9.84. The first-order valence-electron chi connectivity index (χ1n) is 5.86. The van der Waals surface area contributed by atoms with E-state index in [-0.39, 0.29) is 0 Å². The summed E-state index contributed by atoms with van der Waals surface area (Å²) in [7, 11) is 0. The summed E-state index contributed by atoms with van der Waals surface area (Å²) < 4.78 is 26.0. The van der Waals surface area contributed by atoms with Crippen LogP contribution in [0, 0.1) is 11.6 Å². The third kappa shape index (κ3) is 2.24. The van der Waals surface area contributed by atoms with Crippen molar-refractivity contribution in [1.29, 1.82) is 0 Å². The monoisotopic (exact) mass is 225 g/mol. The summed E-state index contributed by atoms with van der Waals surface area (Å²) in [5.41, 5.74) is 6.57. The molecule has 0 saturated heterocycles. The van der Waals surface area contributed by atoms with E-state index >= 15 is 0 Å². The van der Waals surface area contributed by atoms with Crippen LogP contribution in [0.5, 0.6) is 0 Å². The van der Waals surface area contributed by atoms with E-state index in [0.717, 1.165) is 31.2 Å². The number of hydrogen-bond donors (Lipinski definition) is 1. The van der Waals surface area contributed by atoms with Gasteiger partial charge in [0.05, 0.1) is 0 Å². The zero-order valence-electron chi connectivity index (χ0n) is 9.31. The highest BCUT2D eigenvalue weighted by molar-refractivity contribution is 5.25. The molecule has 0 amide bonds. The van der Waals surface area contributed by atoms with Gasteiger partial charge in [0.1, 0.15) is 0 Å². The lowest BCUT2D eigenvalue weighted by molar-refractivity contribution is 0.381. The van der Waals surface area contributed by atoms with E-state index in [9.17, 15) is 8.78 Å². The maximum Gasteiger partial charge on any atom is 0.159 e. The summed E-state index contributed by atoms with van der Waals surface area (Å²) in [6, 6.07) is 4.04. The SMILES string of the molecule is NC1(c2ccc(F)c(F)c2)CCCCCC1. The summed E-state index contributed by atoms with van der Waals surface area (Å²) in [5.74, 6) is -1.60. The maximum absolute atomic E-state index is 13.2. The summed E-state index contributed by atoms with van der Waals surface area (Å²) in [6.07, 6.45) is 6.21. The van der Waals surface area contributed by atoms with Gasteiger partial charge in [-0.2, -0.15) is 0 Å². The third-order valence-corrected chi connectivity index (χ3v) is 3.49. The average molecular weight is 225 g/mol. The van der Waals surface area contributed by atoms with Crippen LogP contribution in [0.3, 0.4) is 0 Å². The summed E-state index contributed by atoms with van der Waals surface area (Å²) in [6.45, 7) is 0. The summed E-state index contributed by atoms with van der Waals surface area (Å²) >= 11 is 0. The van der Waals surface area contributed by atoms with Crippen molar-refractivity contribution in [3.8, 4) is 0 Å². The third-order valence-electron chi connectivity index (χ3n) is 3.49. The van der Waals surface area contributed by atoms with Crippen molar-refractivity contribution in [2.24, 2.45) is 5.73 Å². The lowest BCUT2D eigenvalue weighted by Gasteiger charge is -2.28. The van der Waals surface area contributed by atoms with Gasteiger partial charge in [-0.3, -0.25) is 0 Å². The normalized spacial score (nSPS) is 20.4. The van der Waals surface area contributed by atoms with Crippen LogP contribution in [0.4, 0.5) is 8.78 Å². The fourth-order valence-corrected chi connectivity index (χ4v) is 2.45. The number of benzene rings is 1. The first kappa shape index (κ1) is 11.5. The molecule has 1 aromatic rings. The zero-order chi connectivity index (χ0) is 11.6. The van der Waals surface area contributed by atoms with Gasteiger partial charge < -0.3 is 5.73 Å². The van der Waals surface area contributed by atoms with Crippen LogP contribution in [-0.4, -0.2) is 0 Å². The van der Waals surface area contributed by atoms with E-state index in [2.05, 4.69) is 0 Å². The van der Waals surface area contributed by atoms with Gasteiger partial charge in [-0.05, 0) is 30.5 Å². The molecule has 3 heteroatoms. The molecule has 0 aromatic heterocycles. The van der Waals surface area contributed by atoms with Gasteiger partial charge in [0.15, 0.2) is 11.6 Å². The Labute approximate surface area is 94.7 Å². The van der Waals surface area contributed by atoms with Crippen LogP contribution in [-0.2, 0) is 5.54 Å². The molecule has 0 radical (unpaired) electrons. The van der Waals surface area contributed by atoms with Crippen LogP contribution in [0.25, 0.3) is 0 Å². The zero-order valence-corrected chi connectivity index (χ0v) is 9.31. The molecule has 88 valence electrons. The van der Waals surface area contributed by atoms with Crippen molar-refractivity contribution >= 4 is 0 Å². The quantitative estimate of drug-likeness (QED) is 0.727. The topological polar surface area (TPSA) is 26.0 Å². The van der Waals surface area contributed by atoms with E-state index in [1.807, 2.05) is 0 Å². The van der Waals surface area contributed by atoms with Crippen molar-refractivity contribution in [3.63, 3.8) is 0 Å². The Morgan fingerprint density at radius 1 is 0.938 bits per heavy atom. The molecule has 0 aliphatic heterocycles. The van der Waals surface area contributed by atoms with Crippen LogP contribution >= 0.6 is 0 Å². The Kier molecular flexibility index (Phi) is 3.24. The molecular weight excluding hydrogens is 208 g/mol. The van der Waals surface area contributed by atoms with Crippen LogP contribution in [0.1, 0.15) is 44.1 Å². The number of nitrogens with two attached hydrogens (primary N) is 1. The number of halogens is 2. The molecule has 0 bridgehead atoms. The highest BCUT2D eigenvalue weighted by atomic mass is 19.2. The number of hydrogen-bond acceptors (Lipinski definition) is 1. The molecular formula is C13H17F2N. The van der Waals surface area contributed by atoms with Gasteiger partial charge in [0.25, 0.3) is 0 Å². The molecule has 1 fully saturated rings. The molecule has 16 heavy (non-hydrogen) atoms. The Morgan fingerprint density at radius 2 is 1.56 bits per heavy atom. The first-order valence-corrected chi connectivity index (χ1v) is 5.86. The molecule has 2 N–H and O–H groups in total. The van der Waals surface area contributed by atoms with E-state index in [4.69, 9.17) is 5.73 Å². The molecule has 0 heterocycles. The standard InChI is InChI=1S/C13H17F2N/c14-11-6-5-10(9-12(11)15)13(16)7-3-1-2-4-8-13/h5-6,9H,1-4,7-8,16H2. The molecule has 1 saturated carbocycles. The molecule has 0 unspecified atom stereocenters. The van der Waals surface area contributed by atoms with Gasteiger partial charge >= 0.3 is 0 Å². The first-order chi connectivity index (χ1) is 7.62. The largest absolute Gasteiger partial charge is 0.321 e. The molecule has 1 aliphatic rings. The van der Waals surface area contributed by atoms with Crippen molar-refractivity contribution in [2.45, 2.75) is 44.1 Å². The van der Waals surface area contributed by atoms with Crippen LogP contribution < -0.4 is 5.73 Å². The van der Waals surface area contributed by atoms with Crippen molar-refractivity contribution in [2.75, 3.05) is 0 Å². The second-order valence-electron chi connectivity index (χ2n) is 4.70. The lowest BCUT2D eigenvalue weighted by Crippen LogP contribution is -2.36. The summed E-state index contributed by atoms with van der Waals surface area (Å²) in [4.78, 5) is 0. The fraction of sp³-hybridized carbons (Fsp3) is 0.538. The molecule has 1 nitrogen and oxygen atoms in total. The Morgan fingerprint density at radius 3 is 2.12 bits per heavy atom. The second kappa shape index (κ2) is 4.50. The van der Waals surface area contributed by atoms with E-state index in [0.29, 0.717) is 0 Å². The van der Waals surface area contributed by atoms with Crippen molar-refractivity contribution in [1.82, 2.24) is 0 Å². The predicted molar refractivity (Wildman–Crippen MR) is 59.9 cm³/mol. The molecule has 1 aromatic carbocycles. The van der Waals surface area contributed by atoms with Crippen molar-refractivity contribution in [3.05, 3.63) is 35.4 Å². The highest BCUT2D eigenvalue weighted by Gasteiger charge is 2.28. The Hall–Kier alpha value is -0.960. The highest BCUT2D eigenvalue weighted by Crippen LogP contribution is 2.34. The predicted octanol–water partition coefficient (Wildman–Crippen LogP) is 3.47. The Bertz CT molecular complexity index is 368. The molecule has 1 aliphatic carbocycles. The van der Waals surface area contributed by atoms with E-state index in [1.165, 1.54) is 25.0 Å². The van der Waals surface area contributed by atoms with Crippen LogP contribution in [0.2, 0.25) is 0 Å². The van der Waals surface area contributed by atoms with Gasteiger partial charge in [0, 0.05) is 5.54 Å². The maximum atomic E-state index is 13.2. The van der Waals surface area contributed by atoms with Gasteiger partial charge in [-0.25, -0.2) is 8.78 Å². The minimum absolute atomic E-state index is 0.467. The number of rotatable bonds is 1. The van der Waals surface area contributed by atoms with Gasteiger partial charge in [-0.15, -0.1) is 0 Å². The van der Waals surface area contributed by atoms with E-state index in [1.54, 1.807) is 6.07 Å².